The fourth-order valence-corrected chi connectivity index (χ4v) is 7.94. The van der Waals surface area contributed by atoms with Crippen LogP contribution in [0.3, 0.4) is 0 Å². The number of nitrogens with one attached hydrogen (secondary N) is 4. The fraction of sp³-hybridized carbons (Fsp3) is 0.940. The molecular weight excluding hydrogens is 1140 g/mol. The van der Waals surface area contributed by atoms with E-state index in [0.29, 0.717) is 0 Å². The molecule has 0 aromatic rings. The molecular formula is C50H94N4O30. The first kappa shape index (κ1) is 75.5. The molecule has 0 radical (unpaired) electrons. The summed E-state index contributed by atoms with van der Waals surface area (Å²) in [5.41, 5.74) is -0.963. The van der Waals surface area contributed by atoms with E-state index in [1.54, 1.807) is 7.05 Å². The lowest BCUT2D eigenvalue weighted by atomic mass is 9.99. The fourth-order valence-electron chi connectivity index (χ4n) is 7.94. The molecule has 0 aliphatic carbocycles. The molecule has 84 heavy (non-hydrogen) atoms. The van der Waals surface area contributed by atoms with Gasteiger partial charge in [-0.25, -0.2) is 0 Å². The average molecular weight is 1230 g/mol. The number of ether oxygens (including phenoxy) is 15. The molecule has 3 saturated heterocycles. The van der Waals surface area contributed by atoms with Crippen LogP contribution in [0.15, 0.2) is 0 Å². The molecule has 0 saturated carbocycles. The van der Waals surface area contributed by atoms with Crippen molar-refractivity contribution in [2.75, 3.05) is 185 Å². The third kappa shape index (κ3) is 29.1. The first-order valence-electron chi connectivity index (χ1n) is 28.0. The molecule has 34 nitrogen and oxygen atoms in total. The predicted molar refractivity (Wildman–Crippen MR) is 281 cm³/mol. The highest BCUT2D eigenvalue weighted by molar-refractivity contribution is 5.76. The summed E-state index contributed by atoms with van der Waals surface area (Å²) in [5, 5.41) is 129. The lowest BCUT2D eigenvalue weighted by Gasteiger charge is -2.39. The van der Waals surface area contributed by atoms with Gasteiger partial charge < -0.3 is 154 Å². The third-order valence-electron chi connectivity index (χ3n) is 13.0. The topological polar surface area (TPSA) is 481 Å². The lowest BCUT2D eigenvalue weighted by molar-refractivity contribution is -0.302. The summed E-state index contributed by atoms with van der Waals surface area (Å²) in [6, 6.07) is 0. The van der Waals surface area contributed by atoms with E-state index in [1.165, 1.54) is 0 Å². The molecule has 0 aromatic carbocycles. The van der Waals surface area contributed by atoms with Gasteiger partial charge in [-0.2, -0.15) is 0 Å². The van der Waals surface area contributed by atoms with Gasteiger partial charge in [0.1, 0.15) is 73.2 Å². The van der Waals surface area contributed by atoms with Gasteiger partial charge in [0.15, 0.2) is 18.9 Å². The number of rotatable bonds is 49. The highest BCUT2D eigenvalue weighted by Gasteiger charge is 2.46. The first-order chi connectivity index (χ1) is 40.5. The number of aliphatic hydroxyl groups is 12. The van der Waals surface area contributed by atoms with E-state index >= 15 is 0 Å². The molecule has 0 bridgehead atoms. The first-order valence-corrected chi connectivity index (χ1v) is 28.0. The zero-order chi connectivity index (χ0) is 61.5. The molecule has 3 heterocycles. The Morgan fingerprint density at radius 2 is 0.595 bits per heavy atom. The lowest BCUT2D eigenvalue weighted by Crippen LogP contribution is -2.59. The van der Waals surface area contributed by atoms with Crippen LogP contribution >= 0.6 is 0 Å². The van der Waals surface area contributed by atoms with E-state index in [0.717, 1.165) is 0 Å². The summed E-state index contributed by atoms with van der Waals surface area (Å²) in [5.74, 6) is -0.893. The van der Waals surface area contributed by atoms with Gasteiger partial charge in [0, 0.05) is 38.9 Å². The Hall–Kier alpha value is -2.71. The smallest absolute Gasteiger partial charge is 0.222 e. The Bertz CT molecular complexity index is 1520. The van der Waals surface area contributed by atoms with E-state index < -0.39 is 117 Å². The number of carbonyl (C=O) groups is 3. The van der Waals surface area contributed by atoms with Gasteiger partial charge >= 0.3 is 0 Å². The summed E-state index contributed by atoms with van der Waals surface area (Å²) < 4.78 is 82.3. The van der Waals surface area contributed by atoms with Crippen LogP contribution in [0.1, 0.15) is 19.3 Å². The standard InChI is InChI=1S/C50H94N4O30/c1-51-50(29-76-8-2-35(58)52-5-11-70-14-17-73-20-23-79-47-44(67)41(64)38(61)32(26-55)82-47,30-77-9-3-36(59)53-6-12-71-15-18-74-21-24-80-48-45(68)42(65)39(62)33(27-56)83-48)31-78-10-4-37(60)54-7-13-72-16-19-75-22-25-81-49-46(69)43(66)40(63)34(28-57)84-49/h32-34,38-49,51,55-57,61-69H,2-31H2,1H3,(H,52,58)(H,53,59)(H,54,60)/t32?,33?,34?,38-,39-,40-,41?,42?,43?,44-,45?,46?,47+,48+,49+,50?/m1/s1. The van der Waals surface area contributed by atoms with Crippen molar-refractivity contribution in [1.29, 1.82) is 0 Å². The van der Waals surface area contributed by atoms with Crippen molar-refractivity contribution in [3.63, 3.8) is 0 Å². The summed E-state index contributed by atoms with van der Waals surface area (Å²) in [6.07, 6.45) is -20.7. The Morgan fingerprint density at radius 3 is 0.845 bits per heavy atom. The van der Waals surface area contributed by atoms with E-state index in [1.807, 2.05) is 0 Å². The van der Waals surface area contributed by atoms with Gasteiger partial charge in [-0.3, -0.25) is 14.4 Å². The highest BCUT2D eigenvalue weighted by atomic mass is 16.7. The van der Waals surface area contributed by atoms with E-state index in [9.17, 15) is 75.7 Å². The predicted octanol–water partition coefficient (Wildman–Crippen LogP) is -9.94. The van der Waals surface area contributed by atoms with Crippen LogP contribution < -0.4 is 21.3 Å². The van der Waals surface area contributed by atoms with Crippen molar-refractivity contribution >= 4 is 17.7 Å². The SMILES string of the molecule is CNC(COCCC(=O)NCCOCCOCCO[C@H]1OC(CO)[C@@H](O)C(O)C1O)(COCCC(=O)NCCOCCOCCO[C@H]1OC(CO)[C@@H](O)C(O)C1O)COCCC(=O)NCCOCCOCCO[C@H]1OC(CO)[C@@H](O)C(O)[C@H]1O. The van der Waals surface area contributed by atoms with Crippen molar-refractivity contribution in [1.82, 2.24) is 21.3 Å². The highest BCUT2D eigenvalue weighted by Crippen LogP contribution is 2.24. The Morgan fingerprint density at radius 1 is 0.345 bits per heavy atom. The Balaban J connectivity index is 1.29. The maximum absolute atomic E-state index is 12.6. The number of likely N-dealkylation sites (N-methyl/N-ethyl adjacent to an activating group) is 1. The molecule has 3 aliphatic rings. The van der Waals surface area contributed by atoms with Crippen LogP contribution in [0.2, 0.25) is 0 Å². The second kappa shape index (κ2) is 44.7. The molecule has 8 unspecified atom stereocenters. The second-order valence-corrected chi connectivity index (χ2v) is 19.4. The normalized spacial score (nSPS) is 28.9. The monoisotopic (exact) mass is 1230 g/mol. The van der Waals surface area contributed by atoms with Crippen molar-refractivity contribution in [2.45, 2.75) is 117 Å². The summed E-state index contributed by atoms with van der Waals surface area (Å²) >= 11 is 0. The minimum absolute atomic E-state index is 0.0137. The van der Waals surface area contributed by atoms with Gasteiger partial charge in [0.2, 0.25) is 17.7 Å². The van der Waals surface area contributed by atoms with E-state index in [2.05, 4.69) is 21.3 Å². The van der Waals surface area contributed by atoms with Crippen LogP contribution in [0.5, 0.6) is 0 Å². The maximum atomic E-state index is 12.6. The van der Waals surface area contributed by atoms with Gasteiger partial charge in [-0.05, 0) is 7.05 Å². The minimum Gasteiger partial charge on any atom is -0.394 e. The van der Waals surface area contributed by atoms with Crippen LogP contribution in [0.25, 0.3) is 0 Å². The van der Waals surface area contributed by atoms with Crippen molar-refractivity contribution in [3.8, 4) is 0 Å². The van der Waals surface area contributed by atoms with Gasteiger partial charge in [0.25, 0.3) is 0 Å². The van der Waals surface area contributed by atoms with Crippen molar-refractivity contribution in [3.05, 3.63) is 0 Å². The number of hydrogen-bond acceptors (Lipinski definition) is 31. The zero-order valence-corrected chi connectivity index (χ0v) is 47.6. The molecule has 3 fully saturated rings. The van der Waals surface area contributed by atoms with E-state index in [4.69, 9.17) is 71.1 Å². The maximum Gasteiger partial charge on any atom is 0.222 e. The Labute approximate surface area is 487 Å². The molecule has 0 spiro atoms. The molecule has 494 valence electrons. The summed E-state index contributed by atoms with van der Waals surface area (Å²) in [4.78, 5) is 37.7. The molecule has 0 aromatic heterocycles. The minimum atomic E-state index is -1.55. The van der Waals surface area contributed by atoms with Gasteiger partial charge in [-0.1, -0.05) is 0 Å². The largest absolute Gasteiger partial charge is 0.394 e. The molecule has 3 rings (SSSR count). The molecule has 3 amide bonds. The van der Waals surface area contributed by atoms with Gasteiger partial charge in [-0.15, -0.1) is 0 Å². The number of amides is 3. The molecule has 16 N–H and O–H groups in total. The molecule has 3 aliphatic heterocycles. The zero-order valence-electron chi connectivity index (χ0n) is 47.6. The van der Waals surface area contributed by atoms with Crippen LogP contribution in [0.4, 0.5) is 0 Å². The summed E-state index contributed by atoms with van der Waals surface area (Å²) in [7, 11) is 1.66. The molecule has 15 atom stereocenters. The second-order valence-electron chi connectivity index (χ2n) is 19.4. The van der Waals surface area contributed by atoms with Crippen LogP contribution in [0, 0.1) is 0 Å². The number of carbonyl (C=O) groups excluding carboxylic acids is 3. The van der Waals surface area contributed by atoms with Crippen LogP contribution in [-0.2, 0) is 85.4 Å². The van der Waals surface area contributed by atoms with Gasteiger partial charge in [0.05, 0.1) is 164 Å². The van der Waals surface area contributed by atoms with Crippen LogP contribution in [-0.4, -0.2) is 362 Å². The third-order valence-corrected chi connectivity index (χ3v) is 13.0. The average Bonchev–Trinajstić information content (AvgIpc) is 3.51. The molecule has 34 heteroatoms. The van der Waals surface area contributed by atoms with Crippen molar-refractivity contribution in [2.24, 2.45) is 0 Å². The number of aliphatic hydroxyl groups excluding tert-OH is 12. The van der Waals surface area contributed by atoms with Crippen molar-refractivity contribution < 1.29 is 147 Å². The summed E-state index contributed by atoms with van der Waals surface area (Å²) in [6.45, 7) is 1.05. The quantitative estimate of drug-likeness (QED) is 0.0252. The number of hydrogen-bond donors (Lipinski definition) is 16. The van der Waals surface area contributed by atoms with E-state index in [-0.39, 0.29) is 195 Å². The Kier molecular flexibility index (Phi) is 40.2.